The number of benzene rings is 1. The van der Waals surface area contributed by atoms with E-state index in [1.807, 2.05) is 12.1 Å². The first-order valence-electron chi connectivity index (χ1n) is 5.99. The van der Waals surface area contributed by atoms with Gasteiger partial charge in [-0.15, -0.1) is 11.3 Å². The maximum absolute atomic E-state index is 12.3. The number of aryl methyl sites for hydroxylation is 1. The number of hydrogen-bond acceptors (Lipinski definition) is 4. The van der Waals surface area contributed by atoms with Gasteiger partial charge in [-0.3, -0.25) is 0 Å². The molecular weight excluding hydrogens is 360 g/mol. The lowest BCUT2D eigenvalue weighted by Crippen LogP contribution is -2.27. The highest BCUT2D eigenvalue weighted by Gasteiger charge is 2.19. The number of rotatable bonds is 5. The summed E-state index contributed by atoms with van der Waals surface area (Å²) in [5.74, 6) is 0. The Balaban J connectivity index is 2.08. The van der Waals surface area contributed by atoms with Crippen LogP contribution < -0.4 is 10.5 Å². The summed E-state index contributed by atoms with van der Waals surface area (Å²) in [7, 11) is -3.57. The monoisotopic (exact) mass is 374 g/mol. The minimum Gasteiger partial charge on any atom is -0.398 e. The summed E-state index contributed by atoms with van der Waals surface area (Å²) in [5.41, 5.74) is 6.69. The average molecular weight is 375 g/mol. The molecule has 0 unspecified atom stereocenters. The van der Waals surface area contributed by atoms with E-state index in [4.69, 9.17) is 5.73 Å². The van der Waals surface area contributed by atoms with Crippen molar-refractivity contribution < 1.29 is 8.42 Å². The number of nitrogen functional groups attached to an aromatic ring is 1. The van der Waals surface area contributed by atoms with Gasteiger partial charge in [0.15, 0.2) is 0 Å². The molecule has 1 aromatic heterocycles. The third-order valence-corrected chi connectivity index (χ3v) is 6.17. The summed E-state index contributed by atoms with van der Waals surface area (Å²) in [6, 6.07) is 9.01. The van der Waals surface area contributed by atoms with Gasteiger partial charge in [0.1, 0.15) is 4.90 Å². The fourth-order valence-electron chi connectivity index (χ4n) is 1.91. The van der Waals surface area contributed by atoms with Gasteiger partial charge < -0.3 is 5.73 Å². The van der Waals surface area contributed by atoms with E-state index in [1.165, 1.54) is 0 Å². The molecule has 0 bridgehead atoms. The molecule has 2 rings (SSSR count). The lowest BCUT2D eigenvalue weighted by Gasteiger charge is -2.11. The molecular formula is C13H15BrN2O2S2. The third-order valence-electron chi connectivity index (χ3n) is 2.80. The molecule has 0 aliphatic carbocycles. The molecule has 0 saturated heterocycles. The van der Waals surface area contributed by atoms with Crippen molar-refractivity contribution in [3.8, 4) is 0 Å². The van der Waals surface area contributed by atoms with Crippen LogP contribution in [0.25, 0.3) is 0 Å². The van der Waals surface area contributed by atoms with E-state index in [0.717, 1.165) is 8.66 Å². The van der Waals surface area contributed by atoms with Crippen LogP contribution in [0.15, 0.2) is 39.0 Å². The standard InChI is InChI=1S/C13H15BrN2O2S2/c1-9-3-2-4-11(15)13(9)20(17,18)16-8-7-10-5-6-12(14)19-10/h2-6,16H,7-8,15H2,1H3. The number of hydrogen-bond donors (Lipinski definition) is 2. The smallest absolute Gasteiger partial charge is 0.242 e. The van der Waals surface area contributed by atoms with Crippen molar-refractivity contribution >= 4 is 43.0 Å². The number of nitrogens with one attached hydrogen (secondary N) is 1. The first kappa shape index (κ1) is 15.5. The molecule has 20 heavy (non-hydrogen) atoms. The molecule has 108 valence electrons. The zero-order chi connectivity index (χ0) is 14.8. The summed E-state index contributed by atoms with van der Waals surface area (Å²) in [5, 5.41) is 0. The molecule has 0 aliphatic heterocycles. The second kappa shape index (κ2) is 6.26. The summed E-state index contributed by atoms with van der Waals surface area (Å²) < 4.78 is 28.2. The quantitative estimate of drug-likeness (QED) is 0.790. The molecule has 3 N–H and O–H groups in total. The molecule has 0 saturated carbocycles. The van der Waals surface area contributed by atoms with Gasteiger partial charge in [-0.25, -0.2) is 13.1 Å². The van der Waals surface area contributed by atoms with Crippen molar-refractivity contribution in [2.24, 2.45) is 0 Å². The van der Waals surface area contributed by atoms with Gasteiger partial charge in [0.05, 0.1) is 9.47 Å². The number of anilines is 1. The Bertz CT molecular complexity index is 691. The van der Waals surface area contributed by atoms with Crippen molar-refractivity contribution in [2.45, 2.75) is 18.2 Å². The number of sulfonamides is 1. The molecule has 0 fully saturated rings. The Kier molecular flexibility index (Phi) is 4.85. The van der Waals surface area contributed by atoms with E-state index < -0.39 is 10.0 Å². The largest absolute Gasteiger partial charge is 0.398 e. The molecule has 0 atom stereocenters. The first-order chi connectivity index (χ1) is 9.40. The Labute approximate surface area is 131 Å². The van der Waals surface area contributed by atoms with Gasteiger partial charge in [-0.05, 0) is 53.0 Å². The van der Waals surface area contributed by atoms with Gasteiger partial charge in [0.2, 0.25) is 10.0 Å². The van der Waals surface area contributed by atoms with Crippen LogP contribution in [0.3, 0.4) is 0 Å². The normalized spacial score (nSPS) is 11.7. The highest BCUT2D eigenvalue weighted by molar-refractivity contribution is 9.11. The van der Waals surface area contributed by atoms with Crippen LogP contribution in [0, 0.1) is 6.92 Å². The van der Waals surface area contributed by atoms with Crippen LogP contribution in [0.5, 0.6) is 0 Å². The summed E-state index contributed by atoms with van der Waals surface area (Å²) in [6.07, 6.45) is 0.654. The lowest BCUT2D eigenvalue weighted by molar-refractivity contribution is 0.581. The Morgan fingerprint density at radius 1 is 1.30 bits per heavy atom. The Morgan fingerprint density at radius 2 is 2.05 bits per heavy atom. The molecule has 0 spiro atoms. The van der Waals surface area contributed by atoms with Crippen LogP contribution in [0.4, 0.5) is 5.69 Å². The van der Waals surface area contributed by atoms with E-state index >= 15 is 0 Å². The van der Waals surface area contributed by atoms with E-state index in [0.29, 0.717) is 18.5 Å². The first-order valence-corrected chi connectivity index (χ1v) is 9.08. The van der Waals surface area contributed by atoms with E-state index in [1.54, 1.807) is 36.5 Å². The third kappa shape index (κ3) is 3.60. The number of thiophene rings is 1. The molecule has 0 radical (unpaired) electrons. The maximum atomic E-state index is 12.3. The zero-order valence-corrected chi connectivity index (χ0v) is 14.1. The summed E-state index contributed by atoms with van der Waals surface area (Å²) >= 11 is 4.98. The Hall–Kier alpha value is -0.890. The molecule has 2 aromatic rings. The topological polar surface area (TPSA) is 72.2 Å². The van der Waals surface area contributed by atoms with Crippen LogP contribution in [0.1, 0.15) is 10.4 Å². The number of nitrogens with two attached hydrogens (primary N) is 1. The van der Waals surface area contributed by atoms with Gasteiger partial charge in [-0.2, -0.15) is 0 Å². The van der Waals surface area contributed by atoms with Crippen molar-refractivity contribution in [3.63, 3.8) is 0 Å². The fraction of sp³-hybridized carbons (Fsp3) is 0.231. The van der Waals surface area contributed by atoms with Crippen molar-refractivity contribution in [1.82, 2.24) is 4.72 Å². The molecule has 7 heteroatoms. The van der Waals surface area contributed by atoms with Crippen LogP contribution in [-0.2, 0) is 16.4 Å². The van der Waals surface area contributed by atoms with Crippen LogP contribution in [-0.4, -0.2) is 15.0 Å². The second-order valence-corrected chi connectivity index (χ2v) is 8.60. The molecule has 1 heterocycles. The van der Waals surface area contributed by atoms with Gasteiger partial charge in [-0.1, -0.05) is 12.1 Å². The predicted octanol–water partition coefficient (Wildman–Crippen LogP) is 2.92. The predicted molar refractivity (Wildman–Crippen MR) is 86.5 cm³/mol. The van der Waals surface area contributed by atoms with Gasteiger partial charge in [0.25, 0.3) is 0 Å². The van der Waals surface area contributed by atoms with E-state index in [9.17, 15) is 8.42 Å². The highest BCUT2D eigenvalue weighted by Crippen LogP contribution is 2.23. The minimum atomic E-state index is -3.57. The Morgan fingerprint density at radius 3 is 2.65 bits per heavy atom. The van der Waals surface area contributed by atoms with Crippen molar-refractivity contribution in [1.29, 1.82) is 0 Å². The molecule has 0 amide bonds. The molecule has 1 aromatic carbocycles. The minimum absolute atomic E-state index is 0.173. The van der Waals surface area contributed by atoms with E-state index in [2.05, 4.69) is 20.7 Å². The highest BCUT2D eigenvalue weighted by atomic mass is 79.9. The van der Waals surface area contributed by atoms with Gasteiger partial charge >= 0.3 is 0 Å². The van der Waals surface area contributed by atoms with Crippen molar-refractivity contribution in [3.05, 3.63) is 44.6 Å². The van der Waals surface area contributed by atoms with Crippen LogP contribution >= 0.6 is 27.3 Å². The lowest BCUT2D eigenvalue weighted by atomic mass is 10.2. The molecule has 4 nitrogen and oxygen atoms in total. The van der Waals surface area contributed by atoms with Crippen LogP contribution in [0.2, 0.25) is 0 Å². The van der Waals surface area contributed by atoms with Crippen molar-refractivity contribution in [2.75, 3.05) is 12.3 Å². The zero-order valence-electron chi connectivity index (χ0n) is 10.9. The van der Waals surface area contributed by atoms with E-state index in [-0.39, 0.29) is 10.6 Å². The average Bonchev–Trinajstić information content (AvgIpc) is 2.74. The maximum Gasteiger partial charge on any atom is 0.242 e. The van der Waals surface area contributed by atoms with Gasteiger partial charge in [0, 0.05) is 11.4 Å². The fourth-order valence-corrected chi connectivity index (χ4v) is 4.78. The summed E-state index contributed by atoms with van der Waals surface area (Å²) in [4.78, 5) is 1.30. The second-order valence-electron chi connectivity index (χ2n) is 4.35. The number of halogens is 1. The molecule has 0 aliphatic rings. The SMILES string of the molecule is Cc1cccc(N)c1S(=O)(=O)NCCc1ccc(Br)s1. The summed E-state index contributed by atoms with van der Waals surface area (Å²) in [6.45, 7) is 2.09.